The Morgan fingerprint density at radius 2 is 2.27 bits per heavy atom. The van der Waals surface area contributed by atoms with Crippen LogP contribution in [0.5, 0.6) is 0 Å². The largest absolute Gasteiger partial charge is 0.466 e. The lowest BCUT2D eigenvalue weighted by atomic mass is 10.2. The molecule has 1 heterocycles. The SMILES string of the molecule is COC(=O)C1=C(Nc2cccc(Br)c2F)C(=O)N(CCO)C1. The molecule has 0 spiro atoms. The molecule has 0 aromatic heterocycles. The van der Waals surface area contributed by atoms with Gasteiger partial charge in [0, 0.05) is 6.54 Å². The first-order valence-electron chi connectivity index (χ1n) is 6.42. The Hall–Kier alpha value is -1.93. The van der Waals surface area contributed by atoms with Crippen molar-refractivity contribution in [3.63, 3.8) is 0 Å². The molecule has 0 saturated heterocycles. The van der Waals surface area contributed by atoms with Crippen molar-refractivity contribution < 1.29 is 23.8 Å². The molecule has 1 aliphatic rings. The average molecular weight is 373 g/mol. The zero-order chi connectivity index (χ0) is 16.3. The number of β-amino-alcohol motifs (C(OH)–C–C–N with tert-alkyl or cyclic N) is 1. The van der Waals surface area contributed by atoms with Crippen LogP contribution in [-0.4, -0.2) is 48.7 Å². The van der Waals surface area contributed by atoms with Crippen molar-refractivity contribution >= 4 is 33.5 Å². The molecule has 0 unspecified atom stereocenters. The molecule has 0 atom stereocenters. The molecule has 0 bridgehead atoms. The summed E-state index contributed by atoms with van der Waals surface area (Å²) in [6.45, 7) is -0.159. The molecular formula is C14H14BrFN2O4. The van der Waals surface area contributed by atoms with Gasteiger partial charge in [-0.1, -0.05) is 6.07 Å². The Labute approximate surface area is 134 Å². The number of ether oxygens (including phenoxy) is 1. The van der Waals surface area contributed by atoms with E-state index >= 15 is 0 Å². The molecule has 118 valence electrons. The Morgan fingerprint density at radius 1 is 1.55 bits per heavy atom. The molecule has 2 rings (SSSR count). The van der Waals surface area contributed by atoms with Gasteiger partial charge in [0.05, 0.1) is 36.0 Å². The molecule has 2 N–H and O–H groups in total. The molecule has 0 radical (unpaired) electrons. The fourth-order valence-corrected chi connectivity index (χ4v) is 2.45. The second-order valence-electron chi connectivity index (χ2n) is 4.52. The number of hydrogen-bond acceptors (Lipinski definition) is 5. The Kier molecular flexibility index (Phi) is 5.15. The summed E-state index contributed by atoms with van der Waals surface area (Å²) in [7, 11) is 1.20. The van der Waals surface area contributed by atoms with Crippen LogP contribution in [0.1, 0.15) is 0 Å². The van der Waals surface area contributed by atoms with Gasteiger partial charge in [0.25, 0.3) is 5.91 Å². The maximum atomic E-state index is 14.0. The molecule has 0 saturated carbocycles. The van der Waals surface area contributed by atoms with Gasteiger partial charge in [-0.3, -0.25) is 4.79 Å². The smallest absolute Gasteiger partial charge is 0.337 e. The Morgan fingerprint density at radius 3 is 2.91 bits per heavy atom. The summed E-state index contributed by atoms with van der Waals surface area (Å²) in [4.78, 5) is 25.4. The van der Waals surface area contributed by atoms with Gasteiger partial charge in [-0.05, 0) is 28.1 Å². The lowest BCUT2D eigenvalue weighted by Gasteiger charge is -2.15. The number of carbonyl (C=O) groups excluding carboxylic acids is 2. The number of carbonyl (C=O) groups is 2. The molecule has 0 fully saturated rings. The van der Waals surface area contributed by atoms with Crippen LogP contribution in [0.25, 0.3) is 0 Å². The minimum absolute atomic E-state index is 0.00399. The fourth-order valence-electron chi connectivity index (χ4n) is 2.08. The van der Waals surface area contributed by atoms with Crippen molar-refractivity contribution in [3.05, 3.63) is 39.8 Å². The summed E-state index contributed by atoms with van der Waals surface area (Å²) in [5.74, 6) is -1.74. The van der Waals surface area contributed by atoms with Gasteiger partial charge in [-0.2, -0.15) is 0 Å². The van der Waals surface area contributed by atoms with Gasteiger partial charge >= 0.3 is 5.97 Å². The van der Waals surface area contributed by atoms with Gasteiger partial charge in [0.1, 0.15) is 5.70 Å². The number of aliphatic hydroxyl groups is 1. The van der Waals surface area contributed by atoms with Crippen LogP contribution < -0.4 is 5.32 Å². The first kappa shape index (κ1) is 16.4. The number of aliphatic hydroxyl groups excluding tert-OH is 1. The third-order valence-corrected chi connectivity index (χ3v) is 3.78. The first-order valence-corrected chi connectivity index (χ1v) is 7.21. The molecule has 6 nitrogen and oxygen atoms in total. The molecule has 1 amide bonds. The molecular weight excluding hydrogens is 359 g/mol. The second kappa shape index (κ2) is 6.89. The van der Waals surface area contributed by atoms with Crippen LogP contribution in [0, 0.1) is 5.82 Å². The number of nitrogens with zero attached hydrogens (tertiary/aromatic N) is 1. The number of halogens is 2. The highest BCUT2D eigenvalue weighted by atomic mass is 79.9. The van der Waals surface area contributed by atoms with E-state index in [9.17, 15) is 14.0 Å². The monoisotopic (exact) mass is 372 g/mol. The Bertz CT molecular complexity index is 648. The van der Waals surface area contributed by atoms with Crippen LogP contribution in [0.4, 0.5) is 10.1 Å². The third-order valence-electron chi connectivity index (χ3n) is 3.16. The van der Waals surface area contributed by atoms with E-state index in [1.54, 1.807) is 6.07 Å². The average Bonchev–Trinajstić information content (AvgIpc) is 2.81. The van der Waals surface area contributed by atoms with Crippen molar-refractivity contribution in [2.45, 2.75) is 0 Å². The van der Waals surface area contributed by atoms with Gasteiger partial charge in [-0.15, -0.1) is 0 Å². The van der Waals surface area contributed by atoms with Crippen LogP contribution >= 0.6 is 15.9 Å². The quantitative estimate of drug-likeness (QED) is 0.760. The van der Waals surface area contributed by atoms with E-state index in [0.29, 0.717) is 0 Å². The first-order chi connectivity index (χ1) is 10.5. The highest BCUT2D eigenvalue weighted by molar-refractivity contribution is 9.10. The van der Waals surface area contributed by atoms with Crippen molar-refractivity contribution in [1.29, 1.82) is 0 Å². The van der Waals surface area contributed by atoms with Crippen molar-refractivity contribution in [3.8, 4) is 0 Å². The third kappa shape index (κ3) is 3.12. The van der Waals surface area contributed by atoms with Gasteiger partial charge < -0.3 is 20.1 Å². The Balaban J connectivity index is 2.37. The number of nitrogens with one attached hydrogen (secondary N) is 1. The fraction of sp³-hybridized carbons (Fsp3) is 0.286. The number of anilines is 1. The predicted molar refractivity (Wildman–Crippen MR) is 80.4 cm³/mol. The minimum Gasteiger partial charge on any atom is -0.466 e. The van der Waals surface area contributed by atoms with E-state index in [1.807, 2.05) is 0 Å². The molecule has 0 aliphatic carbocycles. The molecule has 22 heavy (non-hydrogen) atoms. The molecule has 8 heteroatoms. The van der Waals surface area contributed by atoms with Crippen molar-refractivity contribution in [2.24, 2.45) is 0 Å². The topological polar surface area (TPSA) is 78.9 Å². The number of benzene rings is 1. The van der Waals surface area contributed by atoms with Gasteiger partial charge in [0.15, 0.2) is 5.82 Å². The lowest BCUT2D eigenvalue weighted by Crippen LogP contribution is -2.31. The summed E-state index contributed by atoms with van der Waals surface area (Å²) in [6, 6.07) is 4.56. The van der Waals surface area contributed by atoms with Crippen LogP contribution in [-0.2, 0) is 14.3 Å². The normalized spacial score (nSPS) is 14.5. The minimum atomic E-state index is -0.674. The zero-order valence-corrected chi connectivity index (χ0v) is 13.3. The van der Waals surface area contributed by atoms with Crippen molar-refractivity contribution in [1.82, 2.24) is 4.90 Å². The van der Waals surface area contributed by atoms with E-state index in [4.69, 9.17) is 5.11 Å². The molecule has 1 aliphatic heterocycles. The van der Waals surface area contributed by atoms with Gasteiger partial charge in [0.2, 0.25) is 0 Å². The highest BCUT2D eigenvalue weighted by Gasteiger charge is 2.34. The van der Waals surface area contributed by atoms with Gasteiger partial charge in [-0.25, -0.2) is 9.18 Å². The van der Waals surface area contributed by atoms with E-state index in [-0.39, 0.29) is 41.1 Å². The number of amides is 1. The summed E-state index contributed by atoms with van der Waals surface area (Å²) < 4.78 is 18.9. The summed E-state index contributed by atoms with van der Waals surface area (Å²) in [5.41, 5.74) is 0.114. The predicted octanol–water partition coefficient (Wildman–Crippen LogP) is 1.26. The molecule has 1 aromatic rings. The summed E-state index contributed by atoms with van der Waals surface area (Å²) in [6.07, 6.45) is 0. The number of methoxy groups -OCH3 is 1. The number of hydrogen-bond donors (Lipinski definition) is 2. The van der Waals surface area contributed by atoms with E-state index in [0.717, 1.165) is 0 Å². The maximum Gasteiger partial charge on any atom is 0.337 e. The number of esters is 1. The van der Waals surface area contributed by atoms with Crippen LogP contribution in [0.3, 0.4) is 0 Å². The second-order valence-corrected chi connectivity index (χ2v) is 5.38. The summed E-state index contributed by atoms with van der Waals surface area (Å²) in [5, 5.41) is 11.6. The molecule has 1 aromatic carbocycles. The number of rotatable bonds is 5. The van der Waals surface area contributed by atoms with E-state index in [1.165, 1.54) is 24.1 Å². The van der Waals surface area contributed by atoms with E-state index in [2.05, 4.69) is 26.0 Å². The maximum absolute atomic E-state index is 14.0. The van der Waals surface area contributed by atoms with Crippen LogP contribution in [0.2, 0.25) is 0 Å². The lowest BCUT2D eigenvalue weighted by molar-refractivity contribution is -0.136. The van der Waals surface area contributed by atoms with Crippen molar-refractivity contribution in [2.75, 3.05) is 32.1 Å². The van der Waals surface area contributed by atoms with E-state index < -0.39 is 17.7 Å². The highest BCUT2D eigenvalue weighted by Crippen LogP contribution is 2.27. The zero-order valence-electron chi connectivity index (χ0n) is 11.7. The standard InChI is InChI=1S/C14H14BrFN2O4/c1-22-14(21)8-7-18(5-6-19)13(20)12(8)17-10-4-2-3-9(15)11(10)16/h2-4,17,19H,5-7H2,1H3. The summed E-state index contributed by atoms with van der Waals surface area (Å²) >= 11 is 3.05. The van der Waals surface area contributed by atoms with Crippen LogP contribution in [0.15, 0.2) is 33.9 Å².